The van der Waals surface area contributed by atoms with E-state index in [1.165, 1.54) is 12.3 Å². The minimum absolute atomic E-state index is 0. The van der Waals surface area contributed by atoms with E-state index < -0.39 is 5.97 Å². The Morgan fingerprint density at radius 2 is 2.31 bits per heavy atom. The minimum atomic E-state index is -1.26. The number of hydrogen-bond acceptors (Lipinski definition) is 5. The van der Waals surface area contributed by atoms with Gasteiger partial charge in [-0.15, -0.1) is 0 Å². The van der Waals surface area contributed by atoms with Crippen LogP contribution >= 0.6 is 0 Å². The summed E-state index contributed by atoms with van der Waals surface area (Å²) in [6, 6.07) is 2.98. The Bertz CT molecular complexity index is 380. The van der Waals surface area contributed by atoms with E-state index in [1.807, 2.05) is 7.05 Å². The van der Waals surface area contributed by atoms with Gasteiger partial charge in [-0.05, 0) is 19.2 Å². The van der Waals surface area contributed by atoms with Crippen LogP contribution in [0.2, 0.25) is 0 Å². The van der Waals surface area contributed by atoms with Crippen LogP contribution in [0, 0.1) is 0 Å². The maximum atomic E-state index is 10.7. The molecular weight excluding hydrogens is 219 g/mol. The minimum Gasteiger partial charge on any atom is -0.545 e. The van der Waals surface area contributed by atoms with Gasteiger partial charge in [-0.1, -0.05) is 0 Å². The van der Waals surface area contributed by atoms with Gasteiger partial charge in [0.1, 0.15) is 6.10 Å². The largest absolute Gasteiger partial charge is 1.00 e. The second-order valence-electron chi connectivity index (χ2n) is 3.60. The molecule has 0 unspecified atom stereocenters. The summed E-state index contributed by atoms with van der Waals surface area (Å²) in [4.78, 5) is 16.7. The van der Waals surface area contributed by atoms with E-state index in [0.717, 1.165) is 13.1 Å². The van der Waals surface area contributed by atoms with Crippen LogP contribution in [0.25, 0.3) is 0 Å². The van der Waals surface area contributed by atoms with Crippen molar-refractivity contribution in [3.05, 3.63) is 23.9 Å². The number of nitrogens with zero attached hydrogens (tertiary/aromatic N) is 2. The molecule has 0 aliphatic carbocycles. The quantitative estimate of drug-likeness (QED) is 0.497. The maximum absolute atomic E-state index is 10.7. The summed E-state index contributed by atoms with van der Waals surface area (Å²) in [5.74, 6) is -1.11. The number of carboxylic acids is 1. The van der Waals surface area contributed by atoms with Crippen molar-refractivity contribution in [3.63, 3.8) is 0 Å². The topological polar surface area (TPSA) is 65.5 Å². The third-order valence-corrected chi connectivity index (χ3v) is 2.30. The smallest absolute Gasteiger partial charge is 0.545 e. The fourth-order valence-corrected chi connectivity index (χ4v) is 1.51. The van der Waals surface area contributed by atoms with Crippen LogP contribution < -0.4 is 39.4 Å². The first-order valence-corrected chi connectivity index (χ1v) is 4.68. The summed E-state index contributed by atoms with van der Waals surface area (Å²) in [6.45, 7) is 1.59. The van der Waals surface area contributed by atoms with Crippen LogP contribution in [0.3, 0.4) is 0 Å². The first-order valence-electron chi connectivity index (χ1n) is 4.68. The zero-order valence-corrected chi connectivity index (χ0v) is 11.3. The molecule has 1 aliphatic rings. The second kappa shape index (κ2) is 5.63. The number of carboxylic acid groups (broad SMARTS) is 1. The molecule has 16 heavy (non-hydrogen) atoms. The summed E-state index contributed by atoms with van der Waals surface area (Å²) in [5.41, 5.74) is 0.00653. The standard InChI is InChI=1S/C10H12N2O3.Na/c1-12-5-7(6-12)15-9-8(10(13)14)3-2-4-11-9;/h2-4,7H,5-6H2,1H3,(H,13,14);/q;+1/p-1. The second-order valence-corrected chi connectivity index (χ2v) is 3.60. The van der Waals surface area contributed by atoms with E-state index in [9.17, 15) is 9.90 Å². The Hall–Kier alpha value is -0.620. The molecule has 6 heteroatoms. The van der Waals surface area contributed by atoms with Crippen LogP contribution in [0.1, 0.15) is 10.4 Å². The van der Waals surface area contributed by atoms with E-state index >= 15 is 0 Å². The van der Waals surface area contributed by atoms with Gasteiger partial charge in [0.15, 0.2) is 0 Å². The molecule has 0 atom stereocenters. The van der Waals surface area contributed by atoms with Gasteiger partial charge in [0, 0.05) is 19.3 Å². The number of ether oxygens (including phenoxy) is 1. The molecule has 1 aromatic rings. The van der Waals surface area contributed by atoms with Gasteiger partial charge in [-0.25, -0.2) is 4.98 Å². The third-order valence-electron chi connectivity index (χ3n) is 2.30. The Labute approximate surface area is 116 Å². The Morgan fingerprint density at radius 1 is 1.62 bits per heavy atom. The number of rotatable bonds is 3. The Balaban J connectivity index is 0.00000128. The van der Waals surface area contributed by atoms with Crippen LogP contribution in [-0.4, -0.2) is 42.1 Å². The Kier molecular flexibility index (Phi) is 4.73. The Morgan fingerprint density at radius 3 is 2.88 bits per heavy atom. The molecule has 0 N–H and O–H groups in total. The van der Waals surface area contributed by atoms with Crippen LogP contribution in [-0.2, 0) is 0 Å². The van der Waals surface area contributed by atoms with E-state index in [4.69, 9.17) is 4.74 Å². The number of aromatic carboxylic acids is 1. The molecule has 0 aromatic carbocycles. The first kappa shape index (κ1) is 13.4. The van der Waals surface area contributed by atoms with Crippen LogP contribution in [0.4, 0.5) is 0 Å². The van der Waals surface area contributed by atoms with E-state index in [0.29, 0.717) is 0 Å². The molecule has 5 nitrogen and oxygen atoms in total. The average Bonchev–Trinajstić information content (AvgIpc) is 2.16. The molecule has 0 bridgehead atoms. The number of pyridine rings is 1. The van der Waals surface area contributed by atoms with Gasteiger partial charge >= 0.3 is 29.6 Å². The average molecular weight is 230 g/mol. The van der Waals surface area contributed by atoms with Crippen molar-refractivity contribution in [1.82, 2.24) is 9.88 Å². The molecule has 0 saturated carbocycles. The molecule has 80 valence electrons. The molecule has 0 amide bonds. The first-order chi connectivity index (χ1) is 7.16. The van der Waals surface area contributed by atoms with Gasteiger partial charge in [0.25, 0.3) is 0 Å². The predicted molar refractivity (Wildman–Crippen MR) is 50.5 cm³/mol. The van der Waals surface area contributed by atoms with Crippen molar-refractivity contribution >= 4 is 5.97 Å². The number of hydrogen-bond donors (Lipinski definition) is 0. The zero-order chi connectivity index (χ0) is 10.8. The molecule has 2 heterocycles. The summed E-state index contributed by atoms with van der Waals surface area (Å²) in [5, 5.41) is 10.7. The molecular formula is C10H11N2NaO3. The monoisotopic (exact) mass is 230 g/mol. The zero-order valence-electron chi connectivity index (χ0n) is 9.34. The van der Waals surface area contributed by atoms with Crippen molar-refractivity contribution in [2.24, 2.45) is 0 Å². The molecule has 1 aromatic heterocycles. The SMILES string of the molecule is CN1CC(Oc2ncccc2C(=O)[O-])C1.[Na+]. The van der Waals surface area contributed by atoms with Gasteiger partial charge in [0.05, 0.1) is 11.5 Å². The molecule has 2 rings (SSSR count). The summed E-state index contributed by atoms with van der Waals surface area (Å²) >= 11 is 0. The van der Waals surface area contributed by atoms with Crippen molar-refractivity contribution < 1.29 is 44.2 Å². The van der Waals surface area contributed by atoms with Crippen molar-refractivity contribution in [3.8, 4) is 5.88 Å². The number of carbonyl (C=O) groups is 1. The van der Waals surface area contributed by atoms with Gasteiger partial charge in [-0.3, -0.25) is 4.90 Å². The van der Waals surface area contributed by atoms with Crippen molar-refractivity contribution in [2.45, 2.75) is 6.10 Å². The normalized spacial score (nSPS) is 16.1. The number of carbonyl (C=O) groups excluding carboxylic acids is 1. The number of aromatic nitrogens is 1. The van der Waals surface area contributed by atoms with Crippen LogP contribution in [0.5, 0.6) is 5.88 Å². The van der Waals surface area contributed by atoms with Gasteiger partial charge < -0.3 is 14.6 Å². The van der Waals surface area contributed by atoms with E-state index in [2.05, 4.69) is 9.88 Å². The van der Waals surface area contributed by atoms with Gasteiger partial charge in [-0.2, -0.15) is 0 Å². The molecule has 1 fully saturated rings. The van der Waals surface area contributed by atoms with Crippen LogP contribution in [0.15, 0.2) is 18.3 Å². The molecule has 1 aliphatic heterocycles. The van der Waals surface area contributed by atoms with E-state index in [-0.39, 0.29) is 47.1 Å². The van der Waals surface area contributed by atoms with Crippen molar-refractivity contribution in [2.75, 3.05) is 20.1 Å². The summed E-state index contributed by atoms with van der Waals surface area (Å²) < 4.78 is 5.44. The fourth-order valence-electron chi connectivity index (χ4n) is 1.51. The third kappa shape index (κ3) is 2.95. The van der Waals surface area contributed by atoms with Crippen molar-refractivity contribution in [1.29, 1.82) is 0 Å². The van der Waals surface area contributed by atoms with E-state index in [1.54, 1.807) is 6.07 Å². The fraction of sp³-hybridized carbons (Fsp3) is 0.400. The summed E-state index contributed by atoms with van der Waals surface area (Å²) in [6.07, 6.45) is 1.53. The maximum Gasteiger partial charge on any atom is 1.00 e. The molecule has 0 spiro atoms. The summed E-state index contributed by atoms with van der Waals surface area (Å²) in [7, 11) is 1.97. The number of likely N-dealkylation sites (N-methyl/N-ethyl adjacent to an activating group) is 1. The predicted octanol–water partition coefficient (Wildman–Crippen LogP) is -3.86. The molecule has 1 saturated heterocycles. The molecule has 0 radical (unpaired) electrons. The van der Waals surface area contributed by atoms with Gasteiger partial charge in [0.2, 0.25) is 5.88 Å². The number of likely N-dealkylation sites (tertiary alicyclic amines) is 1.